The van der Waals surface area contributed by atoms with Gasteiger partial charge in [-0.05, 0) is 33.6 Å². The van der Waals surface area contributed by atoms with Gasteiger partial charge in [-0.1, -0.05) is 0 Å². The zero-order valence-corrected chi connectivity index (χ0v) is 9.17. The summed E-state index contributed by atoms with van der Waals surface area (Å²) in [7, 11) is 1.66. The predicted octanol–water partition coefficient (Wildman–Crippen LogP) is 1.59. The van der Waals surface area contributed by atoms with E-state index in [4.69, 9.17) is 9.47 Å². The second-order valence-electron chi connectivity index (χ2n) is 4.21. The van der Waals surface area contributed by atoms with E-state index >= 15 is 0 Å². The molecule has 0 amide bonds. The van der Waals surface area contributed by atoms with Crippen LogP contribution >= 0.6 is 0 Å². The third kappa shape index (κ3) is 9.80. The topological polar surface area (TPSA) is 38.7 Å². The number of methoxy groups -OCH3 is 1. The normalized spacial score (nSPS) is 14.5. The van der Waals surface area contributed by atoms with Gasteiger partial charge in [0, 0.05) is 13.7 Å². The van der Waals surface area contributed by atoms with Crippen molar-refractivity contribution >= 4 is 0 Å². The van der Waals surface area contributed by atoms with Crippen LogP contribution < -0.4 is 0 Å². The first kappa shape index (κ1) is 12.9. The molecule has 0 heterocycles. The van der Waals surface area contributed by atoms with Crippen molar-refractivity contribution in [3.63, 3.8) is 0 Å². The first-order chi connectivity index (χ1) is 5.95. The average Bonchev–Trinajstić information content (AvgIpc) is 2.00. The van der Waals surface area contributed by atoms with E-state index in [1.165, 1.54) is 0 Å². The highest BCUT2D eigenvalue weighted by atomic mass is 16.5. The Kier molecular flexibility index (Phi) is 6.29. The van der Waals surface area contributed by atoms with Crippen molar-refractivity contribution in [1.29, 1.82) is 0 Å². The molecule has 0 aliphatic carbocycles. The van der Waals surface area contributed by atoms with Gasteiger partial charge in [0.15, 0.2) is 0 Å². The summed E-state index contributed by atoms with van der Waals surface area (Å²) >= 11 is 0. The maximum absolute atomic E-state index is 9.46. The molecule has 1 N–H and O–H groups in total. The highest BCUT2D eigenvalue weighted by molar-refractivity contribution is 4.62. The van der Waals surface area contributed by atoms with Crippen LogP contribution in [0.15, 0.2) is 0 Å². The molecular formula is C10H22O3. The minimum absolute atomic E-state index is 0.164. The van der Waals surface area contributed by atoms with Crippen LogP contribution in [0.5, 0.6) is 0 Å². The van der Waals surface area contributed by atoms with E-state index in [0.29, 0.717) is 13.2 Å². The van der Waals surface area contributed by atoms with Gasteiger partial charge < -0.3 is 14.6 Å². The van der Waals surface area contributed by atoms with E-state index in [1.807, 2.05) is 20.8 Å². The van der Waals surface area contributed by atoms with Crippen LogP contribution in [-0.2, 0) is 9.47 Å². The lowest BCUT2D eigenvalue weighted by molar-refractivity contribution is -0.0518. The lowest BCUT2D eigenvalue weighted by Gasteiger charge is -2.21. The van der Waals surface area contributed by atoms with Gasteiger partial charge in [0.2, 0.25) is 0 Å². The van der Waals surface area contributed by atoms with Crippen LogP contribution in [0.3, 0.4) is 0 Å². The lowest BCUT2D eigenvalue weighted by Crippen LogP contribution is -2.26. The largest absolute Gasteiger partial charge is 0.391 e. The quantitative estimate of drug-likeness (QED) is 0.646. The van der Waals surface area contributed by atoms with Crippen molar-refractivity contribution in [3.8, 4) is 0 Å². The molecule has 0 spiro atoms. The zero-order valence-electron chi connectivity index (χ0n) is 9.17. The summed E-state index contributed by atoms with van der Waals surface area (Å²) in [4.78, 5) is 0. The van der Waals surface area contributed by atoms with Gasteiger partial charge in [-0.15, -0.1) is 0 Å². The van der Waals surface area contributed by atoms with Crippen LogP contribution in [0.4, 0.5) is 0 Å². The molecule has 1 atom stereocenters. The third-order valence-corrected chi connectivity index (χ3v) is 1.59. The molecule has 0 aromatic carbocycles. The van der Waals surface area contributed by atoms with Gasteiger partial charge in [-0.25, -0.2) is 0 Å². The van der Waals surface area contributed by atoms with Crippen LogP contribution in [0, 0.1) is 0 Å². The fourth-order valence-electron chi connectivity index (χ4n) is 0.893. The van der Waals surface area contributed by atoms with Crippen molar-refractivity contribution < 1.29 is 14.6 Å². The minimum Gasteiger partial charge on any atom is -0.391 e. The van der Waals surface area contributed by atoms with Crippen molar-refractivity contribution in [3.05, 3.63) is 0 Å². The van der Waals surface area contributed by atoms with Crippen LogP contribution in [0.25, 0.3) is 0 Å². The molecule has 0 aromatic rings. The molecule has 0 saturated heterocycles. The van der Waals surface area contributed by atoms with E-state index < -0.39 is 0 Å². The number of rotatable bonds is 6. The average molecular weight is 190 g/mol. The fraction of sp³-hybridized carbons (Fsp3) is 1.00. The molecule has 3 nitrogen and oxygen atoms in total. The highest BCUT2D eigenvalue weighted by Gasteiger charge is 2.12. The Morgan fingerprint density at radius 3 is 2.38 bits per heavy atom. The molecule has 0 bridgehead atoms. The second-order valence-corrected chi connectivity index (χ2v) is 4.21. The van der Waals surface area contributed by atoms with Crippen LogP contribution in [0.2, 0.25) is 0 Å². The molecule has 0 aliphatic heterocycles. The highest BCUT2D eigenvalue weighted by Crippen LogP contribution is 2.08. The maximum atomic E-state index is 9.46. The standard InChI is InChI=1S/C10H22O3/c1-10(2,3)13-8-9(11)6-5-7-12-4/h9,11H,5-8H2,1-4H3. The van der Waals surface area contributed by atoms with Gasteiger partial charge >= 0.3 is 0 Å². The van der Waals surface area contributed by atoms with Gasteiger partial charge in [0.1, 0.15) is 0 Å². The predicted molar refractivity (Wildman–Crippen MR) is 52.8 cm³/mol. The van der Waals surface area contributed by atoms with Gasteiger partial charge in [-0.3, -0.25) is 0 Å². The van der Waals surface area contributed by atoms with E-state index in [1.54, 1.807) is 7.11 Å². The van der Waals surface area contributed by atoms with Crippen molar-refractivity contribution in [2.24, 2.45) is 0 Å². The first-order valence-electron chi connectivity index (χ1n) is 4.76. The van der Waals surface area contributed by atoms with E-state index in [9.17, 15) is 5.11 Å². The molecule has 13 heavy (non-hydrogen) atoms. The van der Waals surface area contributed by atoms with Gasteiger partial charge in [0.25, 0.3) is 0 Å². The maximum Gasteiger partial charge on any atom is 0.0774 e. The Labute approximate surface area is 81.0 Å². The summed E-state index contributed by atoms with van der Waals surface area (Å²) in [5.74, 6) is 0. The summed E-state index contributed by atoms with van der Waals surface area (Å²) in [5.41, 5.74) is -0.164. The van der Waals surface area contributed by atoms with Gasteiger partial charge in [0.05, 0.1) is 18.3 Å². The Balaban J connectivity index is 3.35. The van der Waals surface area contributed by atoms with Crippen molar-refractivity contribution in [1.82, 2.24) is 0 Å². The first-order valence-corrected chi connectivity index (χ1v) is 4.76. The SMILES string of the molecule is COCCCC(O)COC(C)(C)C. The number of aliphatic hydroxyl groups is 1. The van der Waals surface area contributed by atoms with E-state index in [-0.39, 0.29) is 11.7 Å². The molecule has 80 valence electrons. The monoisotopic (exact) mass is 190 g/mol. The molecule has 0 fully saturated rings. The summed E-state index contributed by atoms with van der Waals surface area (Å²) in [5, 5.41) is 9.46. The number of ether oxygens (including phenoxy) is 2. The number of aliphatic hydroxyl groups excluding tert-OH is 1. The summed E-state index contributed by atoms with van der Waals surface area (Å²) in [6.07, 6.45) is 1.25. The summed E-state index contributed by atoms with van der Waals surface area (Å²) < 4.78 is 10.3. The Hall–Kier alpha value is -0.120. The molecule has 0 aliphatic rings. The Morgan fingerprint density at radius 2 is 1.92 bits per heavy atom. The number of hydrogen-bond acceptors (Lipinski definition) is 3. The zero-order chi connectivity index (χ0) is 10.3. The smallest absolute Gasteiger partial charge is 0.0774 e. The third-order valence-electron chi connectivity index (χ3n) is 1.59. The van der Waals surface area contributed by atoms with Crippen molar-refractivity contribution in [2.75, 3.05) is 20.3 Å². The van der Waals surface area contributed by atoms with Crippen LogP contribution in [-0.4, -0.2) is 37.1 Å². The summed E-state index contributed by atoms with van der Waals surface area (Å²) in [6, 6.07) is 0. The van der Waals surface area contributed by atoms with E-state index in [2.05, 4.69) is 0 Å². The fourth-order valence-corrected chi connectivity index (χ4v) is 0.893. The number of hydrogen-bond donors (Lipinski definition) is 1. The lowest BCUT2D eigenvalue weighted by atomic mass is 10.2. The summed E-state index contributed by atoms with van der Waals surface area (Å²) in [6.45, 7) is 7.05. The second kappa shape index (κ2) is 6.35. The molecule has 0 radical (unpaired) electrons. The molecule has 0 saturated carbocycles. The van der Waals surface area contributed by atoms with Gasteiger partial charge in [-0.2, -0.15) is 0 Å². The Bertz CT molecular complexity index is 118. The Morgan fingerprint density at radius 1 is 1.31 bits per heavy atom. The molecule has 0 aromatic heterocycles. The van der Waals surface area contributed by atoms with Crippen molar-refractivity contribution in [2.45, 2.75) is 45.3 Å². The molecule has 3 heteroatoms. The molecular weight excluding hydrogens is 168 g/mol. The molecule has 0 rings (SSSR count). The van der Waals surface area contributed by atoms with E-state index in [0.717, 1.165) is 12.8 Å². The van der Waals surface area contributed by atoms with Crippen LogP contribution in [0.1, 0.15) is 33.6 Å². The molecule has 1 unspecified atom stereocenters. The minimum atomic E-state index is -0.366.